The average Bonchev–Trinajstić information content (AvgIpc) is 2.93. The van der Waals surface area contributed by atoms with Gasteiger partial charge in [0.05, 0.1) is 0 Å². The maximum absolute atomic E-state index is 6.28. The van der Waals surface area contributed by atoms with Gasteiger partial charge in [0, 0.05) is 40.8 Å². The van der Waals surface area contributed by atoms with Crippen LogP contribution in [0.3, 0.4) is 0 Å². The van der Waals surface area contributed by atoms with Crippen molar-refractivity contribution in [1.82, 2.24) is 10.6 Å². The Hall–Kier alpha value is -3.60. The first-order chi connectivity index (χ1) is 17.1. The first kappa shape index (κ1) is 21.9. The SMILES string of the molecule is CC(C)(c1ccc2c(c1)CN[C@@H](c1ccccc1)O2)c1ccc2c(c1)CN[C@@H](c1ccccc1)O2. The number of rotatable bonds is 4. The summed E-state index contributed by atoms with van der Waals surface area (Å²) in [7, 11) is 0. The normalized spacial score (nSPS) is 19.1. The third-order valence-electron chi connectivity index (χ3n) is 7.21. The Morgan fingerprint density at radius 3 is 1.46 bits per heavy atom. The highest BCUT2D eigenvalue weighted by Crippen LogP contribution is 2.39. The molecule has 6 rings (SSSR count). The summed E-state index contributed by atoms with van der Waals surface area (Å²) in [4.78, 5) is 0. The van der Waals surface area contributed by atoms with Gasteiger partial charge in [-0.15, -0.1) is 0 Å². The minimum atomic E-state index is -0.156. The number of fused-ring (bicyclic) bond motifs is 2. The summed E-state index contributed by atoms with van der Waals surface area (Å²) in [5, 5.41) is 7.04. The van der Waals surface area contributed by atoms with Crippen LogP contribution >= 0.6 is 0 Å². The molecular weight excluding hydrogens is 432 g/mol. The van der Waals surface area contributed by atoms with Crippen LogP contribution in [0.15, 0.2) is 97.1 Å². The Labute approximate surface area is 206 Å². The molecule has 0 fully saturated rings. The Balaban J connectivity index is 1.23. The lowest BCUT2D eigenvalue weighted by molar-refractivity contribution is 0.144. The third kappa shape index (κ3) is 4.20. The fraction of sp³-hybridized carbons (Fsp3) is 0.226. The maximum Gasteiger partial charge on any atom is 0.176 e. The van der Waals surface area contributed by atoms with Gasteiger partial charge in [0.25, 0.3) is 0 Å². The molecule has 2 aliphatic heterocycles. The lowest BCUT2D eigenvalue weighted by Crippen LogP contribution is -2.31. The van der Waals surface area contributed by atoms with Crippen molar-refractivity contribution in [3.63, 3.8) is 0 Å². The number of benzene rings is 4. The van der Waals surface area contributed by atoms with E-state index in [0.717, 1.165) is 35.7 Å². The predicted molar refractivity (Wildman–Crippen MR) is 138 cm³/mol. The van der Waals surface area contributed by atoms with Gasteiger partial charge in [-0.1, -0.05) is 86.6 Å². The molecule has 2 atom stereocenters. The number of hydrogen-bond donors (Lipinski definition) is 2. The Morgan fingerprint density at radius 1 is 0.600 bits per heavy atom. The third-order valence-corrected chi connectivity index (χ3v) is 7.21. The highest BCUT2D eigenvalue weighted by Gasteiger charge is 2.29. The van der Waals surface area contributed by atoms with Gasteiger partial charge in [0.1, 0.15) is 11.5 Å². The van der Waals surface area contributed by atoms with Crippen molar-refractivity contribution >= 4 is 0 Å². The molecule has 0 saturated carbocycles. The van der Waals surface area contributed by atoms with Crippen molar-refractivity contribution < 1.29 is 9.47 Å². The zero-order valence-corrected chi connectivity index (χ0v) is 20.1. The van der Waals surface area contributed by atoms with Crippen LogP contribution in [-0.4, -0.2) is 0 Å². The number of ether oxygens (including phenoxy) is 2. The lowest BCUT2D eigenvalue weighted by atomic mass is 9.77. The second kappa shape index (κ2) is 8.88. The molecule has 0 radical (unpaired) electrons. The highest BCUT2D eigenvalue weighted by atomic mass is 16.5. The molecule has 0 aliphatic carbocycles. The van der Waals surface area contributed by atoms with Gasteiger partial charge in [-0.05, 0) is 35.4 Å². The van der Waals surface area contributed by atoms with Crippen LogP contribution < -0.4 is 20.1 Å². The Morgan fingerprint density at radius 2 is 1.03 bits per heavy atom. The fourth-order valence-electron chi connectivity index (χ4n) is 4.98. The van der Waals surface area contributed by atoms with E-state index in [1.54, 1.807) is 0 Å². The van der Waals surface area contributed by atoms with Crippen molar-refractivity contribution in [3.05, 3.63) is 130 Å². The van der Waals surface area contributed by atoms with Crippen LogP contribution in [0.1, 0.15) is 59.7 Å². The van der Waals surface area contributed by atoms with Gasteiger partial charge in [0.15, 0.2) is 12.5 Å². The molecule has 4 aromatic carbocycles. The molecule has 0 spiro atoms. The van der Waals surface area contributed by atoms with Crippen molar-refractivity contribution in [1.29, 1.82) is 0 Å². The zero-order valence-electron chi connectivity index (χ0n) is 20.1. The van der Waals surface area contributed by atoms with Gasteiger partial charge >= 0.3 is 0 Å². The molecule has 2 aliphatic rings. The predicted octanol–water partition coefficient (Wildman–Crippen LogP) is 6.37. The van der Waals surface area contributed by atoms with E-state index in [1.807, 2.05) is 36.4 Å². The first-order valence-corrected chi connectivity index (χ1v) is 12.2. The van der Waals surface area contributed by atoms with Crippen LogP contribution in [0.4, 0.5) is 0 Å². The van der Waals surface area contributed by atoms with Crippen molar-refractivity contribution in [3.8, 4) is 11.5 Å². The second-order valence-corrected chi connectivity index (χ2v) is 9.85. The molecule has 0 unspecified atom stereocenters. The van der Waals surface area contributed by atoms with Crippen LogP contribution in [0.5, 0.6) is 11.5 Å². The minimum Gasteiger partial charge on any atom is -0.471 e. The van der Waals surface area contributed by atoms with Crippen molar-refractivity contribution in [2.24, 2.45) is 0 Å². The van der Waals surface area contributed by atoms with Crippen molar-refractivity contribution in [2.75, 3.05) is 0 Å². The molecular formula is C31H30N2O2. The van der Waals surface area contributed by atoms with Crippen LogP contribution in [0.2, 0.25) is 0 Å². The Kier molecular flexibility index (Phi) is 5.56. The van der Waals surface area contributed by atoms with E-state index in [4.69, 9.17) is 9.47 Å². The van der Waals surface area contributed by atoms with E-state index in [1.165, 1.54) is 22.3 Å². The monoisotopic (exact) mass is 462 g/mol. The van der Waals surface area contributed by atoms with Gasteiger partial charge in [-0.25, -0.2) is 0 Å². The summed E-state index contributed by atoms with van der Waals surface area (Å²) < 4.78 is 12.6. The smallest absolute Gasteiger partial charge is 0.176 e. The highest BCUT2D eigenvalue weighted by molar-refractivity contribution is 5.49. The average molecular weight is 463 g/mol. The summed E-state index contributed by atoms with van der Waals surface area (Å²) >= 11 is 0. The molecule has 4 aromatic rings. The molecule has 0 saturated heterocycles. The van der Waals surface area contributed by atoms with E-state index in [-0.39, 0.29) is 17.9 Å². The molecule has 4 heteroatoms. The van der Waals surface area contributed by atoms with Crippen LogP contribution in [0, 0.1) is 0 Å². The van der Waals surface area contributed by atoms with Gasteiger partial charge in [0.2, 0.25) is 0 Å². The first-order valence-electron chi connectivity index (χ1n) is 12.2. The number of hydrogen-bond acceptors (Lipinski definition) is 4. The minimum absolute atomic E-state index is 0.115. The van der Waals surface area contributed by atoms with Crippen LogP contribution in [0.25, 0.3) is 0 Å². The van der Waals surface area contributed by atoms with Crippen molar-refractivity contribution in [2.45, 2.75) is 44.8 Å². The molecule has 35 heavy (non-hydrogen) atoms. The molecule has 2 N–H and O–H groups in total. The topological polar surface area (TPSA) is 42.5 Å². The van der Waals surface area contributed by atoms with E-state index in [2.05, 4.69) is 85.1 Å². The maximum atomic E-state index is 6.28. The molecule has 0 aromatic heterocycles. The zero-order chi connectivity index (χ0) is 23.8. The largest absolute Gasteiger partial charge is 0.471 e. The lowest BCUT2D eigenvalue weighted by Gasteiger charge is -2.32. The molecule has 0 bridgehead atoms. The fourth-order valence-corrected chi connectivity index (χ4v) is 4.98. The molecule has 2 heterocycles. The van der Waals surface area contributed by atoms with E-state index in [9.17, 15) is 0 Å². The quantitative estimate of drug-likeness (QED) is 0.370. The van der Waals surface area contributed by atoms with Gasteiger partial charge < -0.3 is 9.47 Å². The summed E-state index contributed by atoms with van der Waals surface area (Å²) in [6, 6.07) is 33.8. The van der Waals surface area contributed by atoms with Gasteiger partial charge in [-0.3, -0.25) is 10.6 Å². The summed E-state index contributed by atoms with van der Waals surface area (Å²) in [5.41, 5.74) is 7.05. The summed E-state index contributed by atoms with van der Waals surface area (Å²) in [6.07, 6.45) is -0.231. The molecule has 176 valence electrons. The number of nitrogens with one attached hydrogen (secondary N) is 2. The second-order valence-electron chi connectivity index (χ2n) is 9.85. The molecule has 4 nitrogen and oxygen atoms in total. The van der Waals surface area contributed by atoms with Gasteiger partial charge in [-0.2, -0.15) is 0 Å². The summed E-state index contributed by atoms with van der Waals surface area (Å²) in [6.45, 7) is 6.12. The summed E-state index contributed by atoms with van der Waals surface area (Å²) in [5.74, 6) is 1.90. The van der Waals surface area contributed by atoms with Crippen LogP contribution in [-0.2, 0) is 18.5 Å². The van der Waals surface area contributed by atoms with E-state index >= 15 is 0 Å². The standard InChI is InChI=1S/C31H30N2O2/c1-31(2,25-13-15-27-23(17-25)19-32-29(34-27)21-9-5-3-6-10-21)26-14-16-28-24(18-26)20-33-30(35-28)22-11-7-4-8-12-22/h3-18,29-30,32-33H,19-20H2,1-2H3/t29-,30-/m1/s1. The van der Waals surface area contributed by atoms with E-state index < -0.39 is 0 Å². The molecule has 0 amide bonds. The van der Waals surface area contributed by atoms with E-state index in [0.29, 0.717) is 0 Å². The Bertz CT molecular complexity index is 1230.